The smallest absolute Gasteiger partial charge is 0.259 e. The quantitative estimate of drug-likeness (QED) is 0.772. The number of carbonyl (C=O) groups is 1. The Morgan fingerprint density at radius 3 is 2.78 bits per heavy atom. The number of hydrogen-bond donors (Lipinski definition) is 2. The average Bonchev–Trinajstić information content (AvgIpc) is 3.12. The molecule has 1 aromatic carbocycles. The van der Waals surface area contributed by atoms with Crippen molar-refractivity contribution in [2.75, 3.05) is 5.73 Å². The molecule has 3 N–H and O–H groups in total. The number of nitrogens with two attached hydrogens (primary N) is 1. The van der Waals surface area contributed by atoms with E-state index in [1.165, 1.54) is 6.07 Å². The number of halogens is 1. The molecule has 0 saturated heterocycles. The van der Waals surface area contributed by atoms with Crippen molar-refractivity contribution in [3.63, 3.8) is 0 Å². The summed E-state index contributed by atoms with van der Waals surface area (Å²) in [5, 5.41) is 6.36. The molecule has 0 fully saturated rings. The molecule has 118 valence electrons. The highest BCUT2D eigenvalue weighted by Gasteiger charge is 2.24. The van der Waals surface area contributed by atoms with E-state index in [-0.39, 0.29) is 23.7 Å². The Labute approximate surface area is 131 Å². The highest BCUT2D eigenvalue weighted by atomic mass is 19.1. The van der Waals surface area contributed by atoms with Crippen LogP contribution >= 0.6 is 0 Å². The van der Waals surface area contributed by atoms with Gasteiger partial charge in [0.1, 0.15) is 17.1 Å². The SMILES string of the molecule is Cc1ccc(-c2noc(N)c2C(=O)NCc2ccccc2F)o1. The number of carbonyl (C=O) groups excluding carboxylic acids is 1. The van der Waals surface area contributed by atoms with Crippen molar-refractivity contribution in [2.24, 2.45) is 0 Å². The summed E-state index contributed by atoms with van der Waals surface area (Å²) in [6, 6.07) is 9.59. The minimum atomic E-state index is -0.518. The number of nitrogen functional groups attached to an aromatic ring is 1. The van der Waals surface area contributed by atoms with Gasteiger partial charge in [-0.3, -0.25) is 4.79 Å². The van der Waals surface area contributed by atoms with Crippen molar-refractivity contribution in [2.45, 2.75) is 13.5 Å². The number of furan rings is 1. The van der Waals surface area contributed by atoms with Gasteiger partial charge in [0.15, 0.2) is 11.5 Å². The number of nitrogens with zero attached hydrogens (tertiary/aromatic N) is 1. The lowest BCUT2D eigenvalue weighted by Crippen LogP contribution is -2.24. The van der Waals surface area contributed by atoms with Crippen LogP contribution in [0.3, 0.4) is 0 Å². The van der Waals surface area contributed by atoms with Gasteiger partial charge < -0.3 is 20.0 Å². The molecular formula is C16H14FN3O3. The fraction of sp³-hybridized carbons (Fsp3) is 0.125. The molecule has 0 aliphatic carbocycles. The predicted molar refractivity (Wildman–Crippen MR) is 80.9 cm³/mol. The number of amides is 1. The molecular weight excluding hydrogens is 301 g/mol. The molecule has 0 aliphatic rings. The van der Waals surface area contributed by atoms with Crippen LogP contribution in [0.1, 0.15) is 21.7 Å². The van der Waals surface area contributed by atoms with Crippen LogP contribution in [-0.2, 0) is 6.54 Å². The van der Waals surface area contributed by atoms with Crippen LogP contribution in [-0.4, -0.2) is 11.1 Å². The van der Waals surface area contributed by atoms with Gasteiger partial charge in [0.05, 0.1) is 0 Å². The van der Waals surface area contributed by atoms with E-state index < -0.39 is 11.7 Å². The highest BCUT2D eigenvalue weighted by molar-refractivity contribution is 6.03. The number of anilines is 1. The first-order valence-corrected chi connectivity index (χ1v) is 6.90. The van der Waals surface area contributed by atoms with E-state index in [9.17, 15) is 9.18 Å². The second-order valence-corrected chi connectivity index (χ2v) is 4.95. The normalized spacial score (nSPS) is 10.7. The van der Waals surface area contributed by atoms with Gasteiger partial charge in [-0.15, -0.1) is 0 Å². The molecule has 23 heavy (non-hydrogen) atoms. The lowest BCUT2D eigenvalue weighted by atomic mass is 10.1. The van der Waals surface area contributed by atoms with Gasteiger partial charge in [-0.25, -0.2) is 4.39 Å². The minimum Gasteiger partial charge on any atom is -0.460 e. The number of rotatable bonds is 4. The minimum absolute atomic E-state index is 0.0206. The van der Waals surface area contributed by atoms with E-state index in [1.54, 1.807) is 37.3 Å². The number of hydrogen-bond acceptors (Lipinski definition) is 5. The molecule has 7 heteroatoms. The van der Waals surface area contributed by atoms with Crippen LogP contribution < -0.4 is 11.1 Å². The number of aromatic nitrogens is 1. The van der Waals surface area contributed by atoms with Crippen molar-refractivity contribution in [3.8, 4) is 11.5 Å². The van der Waals surface area contributed by atoms with Crippen molar-refractivity contribution in [3.05, 3.63) is 59.1 Å². The molecule has 3 aromatic rings. The Kier molecular flexibility index (Phi) is 3.84. The largest absolute Gasteiger partial charge is 0.460 e. The van der Waals surface area contributed by atoms with E-state index in [2.05, 4.69) is 10.5 Å². The van der Waals surface area contributed by atoms with Crippen molar-refractivity contribution in [1.29, 1.82) is 0 Å². The van der Waals surface area contributed by atoms with Crippen LogP contribution in [0.5, 0.6) is 0 Å². The maximum atomic E-state index is 13.6. The monoisotopic (exact) mass is 315 g/mol. The van der Waals surface area contributed by atoms with E-state index in [0.29, 0.717) is 17.1 Å². The van der Waals surface area contributed by atoms with Crippen LogP contribution in [0.2, 0.25) is 0 Å². The van der Waals surface area contributed by atoms with E-state index in [0.717, 1.165) is 0 Å². The molecule has 3 rings (SSSR count). The summed E-state index contributed by atoms with van der Waals surface area (Å²) in [5.74, 6) is 0.00222. The fourth-order valence-electron chi connectivity index (χ4n) is 2.16. The van der Waals surface area contributed by atoms with E-state index in [4.69, 9.17) is 14.7 Å². The molecule has 2 aromatic heterocycles. The molecule has 2 heterocycles. The average molecular weight is 315 g/mol. The van der Waals surface area contributed by atoms with Crippen molar-refractivity contribution < 1.29 is 18.1 Å². The molecule has 1 amide bonds. The lowest BCUT2D eigenvalue weighted by Gasteiger charge is -2.06. The Morgan fingerprint density at radius 2 is 2.09 bits per heavy atom. The first kappa shape index (κ1) is 14.8. The third-order valence-electron chi connectivity index (χ3n) is 3.32. The third-order valence-corrected chi connectivity index (χ3v) is 3.32. The number of benzene rings is 1. The van der Waals surface area contributed by atoms with Gasteiger partial charge in [0.25, 0.3) is 5.91 Å². The molecule has 0 radical (unpaired) electrons. The first-order chi connectivity index (χ1) is 11.1. The molecule has 0 atom stereocenters. The molecule has 0 saturated carbocycles. The summed E-state index contributed by atoms with van der Waals surface area (Å²) in [7, 11) is 0. The zero-order valence-electron chi connectivity index (χ0n) is 12.3. The Hall–Kier alpha value is -3.09. The maximum Gasteiger partial charge on any atom is 0.259 e. The van der Waals surface area contributed by atoms with E-state index >= 15 is 0 Å². The Bertz CT molecular complexity index is 854. The van der Waals surface area contributed by atoms with Crippen molar-refractivity contribution >= 4 is 11.8 Å². The summed E-state index contributed by atoms with van der Waals surface area (Å²) in [6.07, 6.45) is 0. The molecule has 6 nitrogen and oxygen atoms in total. The van der Waals surface area contributed by atoms with Crippen LogP contribution in [0, 0.1) is 12.7 Å². The summed E-state index contributed by atoms with van der Waals surface area (Å²) >= 11 is 0. The second kappa shape index (κ2) is 5.96. The van der Waals surface area contributed by atoms with E-state index in [1.807, 2.05) is 0 Å². The zero-order chi connectivity index (χ0) is 16.4. The fourth-order valence-corrected chi connectivity index (χ4v) is 2.16. The molecule has 0 aliphatic heterocycles. The summed E-state index contributed by atoms with van der Waals surface area (Å²) in [5.41, 5.74) is 6.32. The summed E-state index contributed by atoms with van der Waals surface area (Å²) < 4.78 is 23.9. The summed E-state index contributed by atoms with van der Waals surface area (Å²) in [6.45, 7) is 1.79. The van der Waals surface area contributed by atoms with Gasteiger partial charge in [0.2, 0.25) is 5.88 Å². The predicted octanol–water partition coefficient (Wildman–Crippen LogP) is 2.89. The molecule has 0 spiro atoms. The van der Waals surface area contributed by atoms with Gasteiger partial charge in [-0.05, 0) is 25.1 Å². The van der Waals surface area contributed by atoms with Crippen LogP contribution in [0.4, 0.5) is 10.3 Å². The first-order valence-electron chi connectivity index (χ1n) is 6.90. The topological polar surface area (TPSA) is 94.3 Å². The second-order valence-electron chi connectivity index (χ2n) is 4.95. The maximum absolute atomic E-state index is 13.6. The van der Waals surface area contributed by atoms with Gasteiger partial charge >= 0.3 is 0 Å². The Morgan fingerprint density at radius 1 is 1.30 bits per heavy atom. The Balaban J connectivity index is 1.83. The van der Waals surface area contributed by atoms with Crippen molar-refractivity contribution in [1.82, 2.24) is 10.5 Å². The van der Waals surface area contributed by atoms with Gasteiger partial charge in [-0.1, -0.05) is 23.4 Å². The molecule has 0 bridgehead atoms. The van der Waals surface area contributed by atoms with Gasteiger partial charge in [0, 0.05) is 12.1 Å². The van der Waals surface area contributed by atoms with Crippen LogP contribution in [0.25, 0.3) is 11.5 Å². The standard InChI is InChI=1S/C16H14FN3O3/c1-9-6-7-12(22-9)14-13(15(18)23-20-14)16(21)19-8-10-4-2-3-5-11(10)17/h2-7H,8,18H2,1H3,(H,19,21). The number of aryl methyl sites for hydroxylation is 1. The highest BCUT2D eigenvalue weighted by Crippen LogP contribution is 2.28. The lowest BCUT2D eigenvalue weighted by molar-refractivity contribution is 0.0951. The molecule has 0 unspecified atom stereocenters. The van der Waals surface area contributed by atoms with Crippen LogP contribution in [0.15, 0.2) is 45.3 Å². The van der Waals surface area contributed by atoms with Gasteiger partial charge in [-0.2, -0.15) is 0 Å². The summed E-state index contributed by atoms with van der Waals surface area (Å²) in [4.78, 5) is 12.4. The number of nitrogens with one attached hydrogen (secondary N) is 1. The third kappa shape index (κ3) is 2.94. The zero-order valence-corrected chi connectivity index (χ0v) is 12.3.